The molecule has 6 nitrogen and oxygen atoms in total. The van der Waals surface area contributed by atoms with Gasteiger partial charge in [0.1, 0.15) is 11.6 Å². The lowest BCUT2D eigenvalue weighted by Gasteiger charge is -2.08. The maximum absolute atomic E-state index is 12.9. The van der Waals surface area contributed by atoms with Crippen LogP contribution in [0.2, 0.25) is 0 Å². The zero-order valence-corrected chi connectivity index (χ0v) is 15.8. The van der Waals surface area contributed by atoms with E-state index in [9.17, 15) is 9.18 Å². The van der Waals surface area contributed by atoms with E-state index in [1.165, 1.54) is 36.0 Å². The highest BCUT2D eigenvalue weighted by Gasteiger charge is 2.15. The second kappa shape index (κ2) is 8.68. The summed E-state index contributed by atoms with van der Waals surface area (Å²) < 4.78 is 20.1. The van der Waals surface area contributed by atoms with E-state index in [1.807, 2.05) is 35.8 Å². The van der Waals surface area contributed by atoms with Gasteiger partial charge < -0.3 is 14.6 Å². The van der Waals surface area contributed by atoms with E-state index in [2.05, 4.69) is 15.5 Å². The number of nitrogens with one attached hydrogen (secondary N) is 1. The number of anilines is 1. The lowest BCUT2D eigenvalue weighted by molar-refractivity contribution is -0.113. The van der Waals surface area contributed by atoms with Crippen LogP contribution in [0.15, 0.2) is 53.7 Å². The van der Waals surface area contributed by atoms with Crippen molar-refractivity contribution in [2.75, 3.05) is 18.2 Å². The van der Waals surface area contributed by atoms with E-state index < -0.39 is 0 Å². The van der Waals surface area contributed by atoms with E-state index in [0.29, 0.717) is 17.4 Å². The van der Waals surface area contributed by atoms with Crippen molar-refractivity contribution in [3.05, 3.63) is 54.3 Å². The summed E-state index contributed by atoms with van der Waals surface area (Å²) >= 11 is 1.30. The fourth-order valence-electron chi connectivity index (χ4n) is 2.49. The summed E-state index contributed by atoms with van der Waals surface area (Å²) in [4.78, 5) is 12.1. The first-order chi connectivity index (χ1) is 13.1. The molecule has 0 radical (unpaired) electrons. The van der Waals surface area contributed by atoms with Crippen molar-refractivity contribution >= 4 is 23.4 Å². The molecule has 0 saturated carbocycles. The largest absolute Gasteiger partial charge is 0.497 e. The molecular weight excluding hydrogens is 367 g/mol. The molecule has 3 rings (SSSR count). The Morgan fingerprint density at radius 3 is 2.48 bits per heavy atom. The van der Waals surface area contributed by atoms with Gasteiger partial charge in [-0.15, -0.1) is 10.2 Å². The van der Waals surface area contributed by atoms with Crippen molar-refractivity contribution in [2.45, 2.75) is 18.6 Å². The number of methoxy groups -OCH3 is 1. The van der Waals surface area contributed by atoms with Gasteiger partial charge in [0, 0.05) is 17.8 Å². The standard InChI is InChI=1S/C19H19FN4O2S/c1-3-24-18(13-4-10-16(26-2)11-5-13)22-23-19(24)27-12-17(25)21-15-8-6-14(20)7-9-15/h4-11H,3,12H2,1-2H3,(H,21,25). The van der Waals surface area contributed by atoms with Crippen LogP contribution in [-0.2, 0) is 11.3 Å². The number of amides is 1. The monoisotopic (exact) mass is 386 g/mol. The second-order valence-electron chi connectivity index (χ2n) is 5.62. The first-order valence-corrected chi connectivity index (χ1v) is 9.35. The molecule has 1 heterocycles. The normalized spacial score (nSPS) is 10.6. The highest BCUT2D eigenvalue weighted by atomic mass is 32.2. The van der Waals surface area contributed by atoms with Crippen LogP contribution in [0, 0.1) is 5.82 Å². The van der Waals surface area contributed by atoms with E-state index in [0.717, 1.165) is 17.1 Å². The van der Waals surface area contributed by atoms with Gasteiger partial charge in [0.05, 0.1) is 12.9 Å². The van der Waals surface area contributed by atoms with Gasteiger partial charge in [0.25, 0.3) is 0 Å². The number of ether oxygens (including phenoxy) is 1. The van der Waals surface area contributed by atoms with E-state index in [4.69, 9.17) is 4.74 Å². The van der Waals surface area contributed by atoms with Gasteiger partial charge in [-0.3, -0.25) is 4.79 Å². The van der Waals surface area contributed by atoms with Crippen molar-refractivity contribution in [1.29, 1.82) is 0 Å². The van der Waals surface area contributed by atoms with Crippen LogP contribution in [0.3, 0.4) is 0 Å². The number of carbonyl (C=O) groups excluding carboxylic acids is 1. The first kappa shape index (κ1) is 18.9. The van der Waals surface area contributed by atoms with Gasteiger partial charge in [0.15, 0.2) is 11.0 Å². The van der Waals surface area contributed by atoms with Gasteiger partial charge in [0.2, 0.25) is 5.91 Å². The number of aromatic nitrogens is 3. The molecule has 1 amide bonds. The van der Waals surface area contributed by atoms with E-state index >= 15 is 0 Å². The number of hydrogen-bond acceptors (Lipinski definition) is 5. The maximum Gasteiger partial charge on any atom is 0.234 e. The average Bonchev–Trinajstić information content (AvgIpc) is 3.11. The second-order valence-corrected chi connectivity index (χ2v) is 6.57. The summed E-state index contributed by atoms with van der Waals surface area (Å²) in [6.45, 7) is 2.68. The predicted molar refractivity (Wildman–Crippen MR) is 103 cm³/mol. The molecule has 0 aliphatic rings. The Balaban J connectivity index is 1.67. The summed E-state index contributed by atoms with van der Waals surface area (Å²) in [6.07, 6.45) is 0. The Bertz CT molecular complexity index is 910. The Morgan fingerprint density at radius 1 is 1.15 bits per heavy atom. The SMILES string of the molecule is CCn1c(SCC(=O)Nc2ccc(F)cc2)nnc1-c1ccc(OC)cc1. The quantitative estimate of drug-likeness (QED) is 0.625. The summed E-state index contributed by atoms with van der Waals surface area (Å²) in [5.74, 6) is 1.15. The van der Waals surface area contributed by atoms with Crippen LogP contribution in [0.1, 0.15) is 6.92 Å². The Hall–Kier alpha value is -2.87. The Kier molecular flexibility index (Phi) is 6.08. The molecule has 27 heavy (non-hydrogen) atoms. The zero-order chi connectivity index (χ0) is 19.2. The van der Waals surface area contributed by atoms with Crippen molar-refractivity contribution in [3.63, 3.8) is 0 Å². The topological polar surface area (TPSA) is 69.0 Å². The third kappa shape index (κ3) is 4.65. The fourth-order valence-corrected chi connectivity index (χ4v) is 3.30. The minimum Gasteiger partial charge on any atom is -0.497 e. The number of benzene rings is 2. The van der Waals surface area contributed by atoms with E-state index in [-0.39, 0.29) is 17.5 Å². The van der Waals surface area contributed by atoms with Crippen LogP contribution >= 0.6 is 11.8 Å². The molecule has 0 fully saturated rings. The van der Waals surface area contributed by atoms with Crippen molar-refractivity contribution in [3.8, 4) is 17.1 Å². The molecule has 2 aromatic carbocycles. The fraction of sp³-hybridized carbons (Fsp3) is 0.211. The Labute approximate surface area is 160 Å². The molecule has 0 aliphatic carbocycles. The number of halogens is 1. The van der Waals surface area contributed by atoms with Crippen molar-refractivity contribution < 1.29 is 13.9 Å². The average molecular weight is 386 g/mol. The molecule has 0 unspecified atom stereocenters. The number of rotatable bonds is 7. The molecular formula is C19H19FN4O2S. The molecule has 0 saturated heterocycles. The number of nitrogens with zero attached hydrogens (tertiary/aromatic N) is 3. The highest BCUT2D eigenvalue weighted by Crippen LogP contribution is 2.25. The molecule has 3 aromatic rings. The number of carbonyl (C=O) groups is 1. The summed E-state index contributed by atoms with van der Waals surface area (Å²) in [6, 6.07) is 13.2. The highest BCUT2D eigenvalue weighted by molar-refractivity contribution is 7.99. The van der Waals surface area contributed by atoms with Crippen LogP contribution in [0.4, 0.5) is 10.1 Å². The minimum absolute atomic E-state index is 0.179. The van der Waals surface area contributed by atoms with Crippen molar-refractivity contribution in [2.24, 2.45) is 0 Å². The maximum atomic E-state index is 12.9. The third-order valence-electron chi connectivity index (χ3n) is 3.84. The predicted octanol–water partition coefficient (Wildman–Crippen LogP) is 3.84. The zero-order valence-electron chi connectivity index (χ0n) is 15.0. The molecule has 0 atom stereocenters. The van der Waals surface area contributed by atoms with Gasteiger partial charge in [-0.25, -0.2) is 4.39 Å². The summed E-state index contributed by atoms with van der Waals surface area (Å²) in [5, 5.41) is 11.9. The molecule has 0 bridgehead atoms. The molecule has 0 spiro atoms. The number of thioether (sulfide) groups is 1. The van der Waals surface area contributed by atoms with Crippen LogP contribution in [0.5, 0.6) is 5.75 Å². The van der Waals surface area contributed by atoms with Crippen LogP contribution in [-0.4, -0.2) is 33.5 Å². The van der Waals surface area contributed by atoms with E-state index in [1.54, 1.807) is 7.11 Å². The van der Waals surface area contributed by atoms with Crippen molar-refractivity contribution in [1.82, 2.24) is 14.8 Å². The molecule has 8 heteroatoms. The smallest absolute Gasteiger partial charge is 0.234 e. The lowest BCUT2D eigenvalue weighted by atomic mass is 10.2. The lowest BCUT2D eigenvalue weighted by Crippen LogP contribution is -2.14. The molecule has 1 aromatic heterocycles. The van der Waals surface area contributed by atoms with Crippen LogP contribution in [0.25, 0.3) is 11.4 Å². The number of hydrogen-bond donors (Lipinski definition) is 1. The molecule has 0 aliphatic heterocycles. The summed E-state index contributed by atoms with van der Waals surface area (Å²) in [5.41, 5.74) is 1.48. The van der Waals surface area contributed by atoms with Gasteiger partial charge in [-0.05, 0) is 55.5 Å². The minimum atomic E-state index is -0.343. The molecule has 1 N–H and O–H groups in total. The summed E-state index contributed by atoms with van der Waals surface area (Å²) in [7, 11) is 1.62. The van der Waals surface area contributed by atoms with Gasteiger partial charge in [-0.1, -0.05) is 11.8 Å². The molecule has 140 valence electrons. The third-order valence-corrected chi connectivity index (χ3v) is 4.81. The van der Waals surface area contributed by atoms with Gasteiger partial charge in [-0.2, -0.15) is 0 Å². The van der Waals surface area contributed by atoms with Crippen LogP contribution < -0.4 is 10.1 Å². The Morgan fingerprint density at radius 2 is 1.85 bits per heavy atom. The van der Waals surface area contributed by atoms with Gasteiger partial charge >= 0.3 is 0 Å². The first-order valence-electron chi connectivity index (χ1n) is 8.36.